The molecule has 0 N–H and O–H groups in total. The summed E-state index contributed by atoms with van der Waals surface area (Å²) in [5, 5.41) is 0. The van der Waals surface area contributed by atoms with E-state index < -0.39 is 17.7 Å². The van der Waals surface area contributed by atoms with Gasteiger partial charge in [0.25, 0.3) is 0 Å². The lowest BCUT2D eigenvalue weighted by atomic mass is 9.94. The SMILES string of the molecule is C=C(c1ccc(OC)c(F)c1)C1COC2(CCCCC2)OO1. The van der Waals surface area contributed by atoms with E-state index in [1.807, 2.05) is 0 Å². The molecule has 1 atom stereocenters. The van der Waals surface area contributed by atoms with E-state index in [2.05, 4.69) is 6.58 Å². The first-order valence-electron chi connectivity index (χ1n) is 7.65. The maximum atomic E-state index is 13.8. The zero-order valence-corrected chi connectivity index (χ0v) is 12.8. The largest absolute Gasteiger partial charge is 0.494 e. The highest BCUT2D eigenvalue weighted by atomic mass is 19.1. The van der Waals surface area contributed by atoms with Gasteiger partial charge in [0.15, 0.2) is 11.6 Å². The van der Waals surface area contributed by atoms with Gasteiger partial charge < -0.3 is 9.47 Å². The summed E-state index contributed by atoms with van der Waals surface area (Å²) in [5.41, 5.74) is 1.28. The van der Waals surface area contributed by atoms with Crippen molar-refractivity contribution in [2.24, 2.45) is 0 Å². The van der Waals surface area contributed by atoms with Crippen molar-refractivity contribution in [3.63, 3.8) is 0 Å². The highest BCUT2D eigenvalue weighted by Crippen LogP contribution is 2.37. The molecule has 4 nitrogen and oxygen atoms in total. The predicted molar refractivity (Wildman–Crippen MR) is 79.7 cm³/mol. The number of benzene rings is 1. The molecule has 120 valence electrons. The molecule has 3 rings (SSSR count). The molecule has 2 fully saturated rings. The molecule has 1 aliphatic heterocycles. The second-order valence-corrected chi connectivity index (χ2v) is 5.83. The Morgan fingerprint density at radius 3 is 2.68 bits per heavy atom. The van der Waals surface area contributed by atoms with Crippen LogP contribution in [-0.2, 0) is 14.5 Å². The lowest BCUT2D eigenvalue weighted by Crippen LogP contribution is -2.46. The van der Waals surface area contributed by atoms with Gasteiger partial charge in [-0.2, -0.15) is 0 Å². The topological polar surface area (TPSA) is 36.9 Å². The highest BCUT2D eigenvalue weighted by Gasteiger charge is 2.41. The highest BCUT2D eigenvalue weighted by molar-refractivity contribution is 5.67. The third-order valence-electron chi connectivity index (χ3n) is 4.34. The fourth-order valence-electron chi connectivity index (χ4n) is 2.95. The van der Waals surface area contributed by atoms with Crippen LogP contribution in [0.3, 0.4) is 0 Å². The normalized spacial score (nSPS) is 24.2. The molecule has 5 heteroatoms. The summed E-state index contributed by atoms with van der Waals surface area (Å²) in [6, 6.07) is 4.71. The van der Waals surface area contributed by atoms with Crippen molar-refractivity contribution in [2.45, 2.75) is 44.0 Å². The van der Waals surface area contributed by atoms with Crippen LogP contribution in [0.25, 0.3) is 5.57 Å². The first-order valence-corrected chi connectivity index (χ1v) is 7.65. The molecule has 1 aromatic carbocycles. The van der Waals surface area contributed by atoms with Crippen molar-refractivity contribution < 1.29 is 23.6 Å². The van der Waals surface area contributed by atoms with E-state index in [-0.39, 0.29) is 5.75 Å². The van der Waals surface area contributed by atoms with E-state index in [4.69, 9.17) is 19.2 Å². The molecule has 1 aliphatic carbocycles. The first-order chi connectivity index (χ1) is 10.6. The molecule has 0 amide bonds. The summed E-state index contributed by atoms with van der Waals surface area (Å²) in [5.74, 6) is -0.822. The standard InChI is InChI=1S/C17H21FO4/c1-12(13-6-7-15(19-2)14(18)10-13)16-11-20-17(22-21-16)8-4-3-5-9-17/h6-7,10,16H,1,3-5,8-9,11H2,2H3. The van der Waals surface area contributed by atoms with Gasteiger partial charge >= 0.3 is 0 Å². The maximum Gasteiger partial charge on any atom is 0.201 e. The summed E-state index contributed by atoms with van der Waals surface area (Å²) in [4.78, 5) is 11.0. The second-order valence-electron chi connectivity index (χ2n) is 5.83. The van der Waals surface area contributed by atoms with Crippen LogP contribution in [0.15, 0.2) is 24.8 Å². The molecule has 1 saturated heterocycles. The van der Waals surface area contributed by atoms with Gasteiger partial charge in [-0.25, -0.2) is 14.2 Å². The number of hydrogen-bond donors (Lipinski definition) is 0. The van der Waals surface area contributed by atoms with Crippen LogP contribution in [0, 0.1) is 5.82 Å². The molecule has 0 aromatic heterocycles. The van der Waals surface area contributed by atoms with Crippen molar-refractivity contribution in [2.75, 3.05) is 13.7 Å². The van der Waals surface area contributed by atoms with Gasteiger partial charge in [0.05, 0.1) is 13.7 Å². The molecule has 1 aromatic rings. The Hall–Kier alpha value is -1.43. The van der Waals surface area contributed by atoms with Crippen LogP contribution in [0.1, 0.15) is 37.7 Å². The smallest absolute Gasteiger partial charge is 0.201 e. The fraction of sp³-hybridized carbons (Fsp3) is 0.529. The average molecular weight is 308 g/mol. The monoisotopic (exact) mass is 308 g/mol. The summed E-state index contributed by atoms with van der Waals surface area (Å²) < 4.78 is 24.6. The zero-order chi connectivity index (χ0) is 15.6. The Balaban J connectivity index is 1.65. The third kappa shape index (κ3) is 3.02. The summed E-state index contributed by atoms with van der Waals surface area (Å²) in [6.07, 6.45) is 4.64. The van der Waals surface area contributed by atoms with Gasteiger partial charge in [-0.05, 0) is 36.1 Å². The summed E-state index contributed by atoms with van der Waals surface area (Å²) in [6.45, 7) is 4.35. The quantitative estimate of drug-likeness (QED) is 0.795. The van der Waals surface area contributed by atoms with Gasteiger partial charge in [-0.15, -0.1) is 0 Å². The molecule has 1 saturated carbocycles. The van der Waals surface area contributed by atoms with Gasteiger partial charge in [0, 0.05) is 12.8 Å². The molecule has 22 heavy (non-hydrogen) atoms. The Labute approximate surface area is 129 Å². The molecule has 0 bridgehead atoms. The van der Waals surface area contributed by atoms with E-state index in [1.54, 1.807) is 12.1 Å². The zero-order valence-electron chi connectivity index (χ0n) is 12.8. The molecular weight excluding hydrogens is 287 g/mol. The van der Waals surface area contributed by atoms with E-state index in [9.17, 15) is 4.39 Å². The number of ether oxygens (including phenoxy) is 2. The van der Waals surface area contributed by atoms with Gasteiger partial charge in [-0.1, -0.05) is 19.1 Å². The Morgan fingerprint density at radius 1 is 1.32 bits per heavy atom. The minimum absolute atomic E-state index is 0.203. The molecule has 1 heterocycles. The Kier molecular flexibility index (Phi) is 4.47. The van der Waals surface area contributed by atoms with Gasteiger partial charge in [0.2, 0.25) is 5.79 Å². The van der Waals surface area contributed by atoms with Crippen LogP contribution in [0.4, 0.5) is 4.39 Å². The molecule has 0 radical (unpaired) electrons. The first kappa shape index (κ1) is 15.5. The van der Waals surface area contributed by atoms with E-state index >= 15 is 0 Å². The Morgan fingerprint density at radius 2 is 2.09 bits per heavy atom. The van der Waals surface area contributed by atoms with Crippen LogP contribution in [0.5, 0.6) is 5.75 Å². The van der Waals surface area contributed by atoms with Crippen LogP contribution in [0.2, 0.25) is 0 Å². The lowest BCUT2D eigenvalue weighted by molar-refractivity contribution is -0.483. The minimum Gasteiger partial charge on any atom is -0.494 e. The second kappa shape index (κ2) is 6.36. The molecule has 1 spiro atoms. The fourth-order valence-corrected chi connectivity index (χ4v) is 2.95. The van der Waals surface area contributed by atoms with Crippen molar-refractivity contribution in [1.29, 1.82) is 0 Å². The van der Waals surface area contributed by atoms with Gasteiger partial charge in [0.1, 0.15) is 6.10 Å². The lowest BCUT2D eigenvalue weighted by Gasteiger charge is -2.41. The maximum absolute atomic E-state index is 13.8. The third-order valence-corrected chi connectivity index (χ3v) is 4.34. The van der Waals surface area contributed by atoms with Crippen LogP contribution < -0.4 is 4.74 Å². The molecule has 2 aliphatic rings. The number of hydrogen-bond acceptors (Lipinski definition) is 4. The average Bonchev–Trinajstić information content (AvgIpc) is 2.55. The van der Waals surface area contributed by atoms with Crippen LogP contribution >= 0.6 is 0 Å². The Bertz CT molecular complexity index is 542. The van der Waals surface area contributed by atoms with E-state index in [0.29, 0.717) is 17.7 Å². The van der Waals surface area contributed by atoms with Crippen molar-refractivity contribution in [1.82, 2.24) is 0 Å². The predicted octanol–water partition coefficient (Wildman–Crippen LogP) is 3.85. The number of rotatable bonds is 3. The summed E-state index contributed by atoms with van der Waals surface area (Å²) >= 11 is 0. The minimum atomic E-state index is -0.597. The number of halogens is 1. The van der Waals surface area contributed by atoms with Crippen molar-refractivity contribution in [3.05, 3.63) is 36.2 Å². The van der Waals surface area contributed by atoms with Gasteiger partial charge in [-0.3, -0.25) is 0 Å². The van der Waals surface area contributed by atoms with Crippen molar-refractivity contribution in [3.8, 4) is 5.75 Å². The number of methoxy groups -OCH3 is 1. The van der Waals surface area contributed by atoms with Crippen molar-refractivity contribution >= 4 is 5.57 Å². The van der Waals surface area contributed by atoms with E-state index in [1.165, 1.54) is 19.6 Å². The molecule has 1 unspecified atom stereocenters. The van der Waals surface area contributed by atoms with Crippen LogP contribution in [-0.4, -0.2) is 25.6 Å². The molecular formula is C17H21FO4. The van der Waals surface area contributed by atoms with E-state index in [0.717, 1.165) is 25.7 Å². The summed E-state index contributed by atoms with van der Waals surface area (Å²) in [7, 11) is 1.43.